The van der Waals surface area contributed by atoms with Crippen LogP contribution in [-0.4, -0.2) is 16.9 Å². The van der Waals surface area contributed by atoms with Crippen molar-refractivity contribution in [1.29, 1.82) is 0 Å². The lowest BCUT2D eigenvalue weighted by Crippen LogP contribution is -2.37. The van der Waals surface area contributed by atoms with Crippen molar-refractivity contribution in [2.24, 2.45) is 5.10 Å². The van der Waals surface area contributed by atoms with Crippen LogP contribution in [0.5, 0.6) is 0 Å². The molecule has 0 fully saturated rings. The standard InChI is InChI=1S/C12H16FN3S/c1-8(2)14-12(17)16-15-9(3)10-4-6-11(13)7-5-10/h4-8H,1-3H3,(H2,14,16,17)/b15-9-. The minimum atomic E-state index is -0.258. The molecule has 0 atom stereocenters. The van der Waals surface area contributed by atoms with E-state index >= 15 is 0 Å². The number of nitrogens with one attached hydrogen (secondary N) is 2. The van der Waals surface area contributed by atoms with Gasteiger partial charge in [0, 0.05) is 6.04 Å². The second-order valence-electron chi connectivity index (χ2n) is 3.94. The first-order valence-corrected chi connectivity index (χ1v) is 5.76. The highest BCUT2D eigenvalue weighted by atomic mass is 32.1. The number of hydrogen-bond acceptors (Lipinski definition) is 2. The van der Waals surface area contributed by atoms with E-state index in [0.717, 1.165) is 11.3 Å². The van der Waals surface area contributed by atoms with Crippen LogP contribution in [0, 0.1) is 5.82 Å². The van der Waals surface area contributed by atoms with Gasteiger partial charge in [-0.05, 0) is 50.7 Å². The molecule has 17 heavy (non-hydrogen) atoms. The van der Waals surface area contributed by atoms with Gasteiger partial charge in [0.05, 0.1) is 5.71 Å². The summed E-state index contributed by atoms with van der Waals surface area (Å²) < 4.78 is 12.7. The summed E-state index contributed by atoms with van der Waals surface area (Å²) in [4.78, 5) is 0. The zero-order chi connectivity index (χ0) is 12.8. The second kappa shape index (κ2) is 6.30. The minimum absolute atomic E-state index is 0.258. The van der Waals surface area contributed by atoms with Crippen LogP contribution in [0.3, 0.4) is 0 Å². The van der Waals surface area contributed by atoms with Gasteiger partial charge in [0.25, 0.3) is 0 Å². The predicted molar refractivity (Wildman–Crippen MR) is 72.6 cm³/mol. The molecule has 0 heterocycles. The van der Waals surface area contributed by atoms with Crippen molar-refractivity contribution in [3.05, 3.63) is 35.6 Å². The van der Waals surface area contributed by atoms with E-state index in [9.17, 15) is 4.39 Å². The van der Waals surface area contributed by atoms with Crippen molar-refractivity contribution in [1.82, 2.24) is 10.7 Å². The van der Waals surface area contributed by atoms with Crippen LogP contribution >= 0.6 is 12.2 Å². The molecule has 1 rings (SSSR count). The zero-order valence-electron chi connectivity index (χ0n) is 10.1. The molecule has 0 unspecified atom stereocenters. The van der Waals surface area contributed by atoms with Crippen LogP contribution in [0.2, 0.25) is 0 Å². The van der Waals surface area contributed by atoms with Gasteiger partial charge < -0.3 is 5.32 Å². The molecule has 2 N–H and O–H groups in total. The van der Waals surface area contributed by atoms with Crippen LogP contribution < -0.4 is 10.7 Å². The average molecular weight is 253 g/mol. The number of benzene rings is 1. The van der Waals surface area contributed by atoms with Gasteiger partial charge in [-0.1, -0.05) is 12.1 Å². The lowest BCUT2D eigenvalue weighted by Gasteiger charge is -2.10. The highest BCUT2D eigenvalue weighted by Crippen LogP contribution is 2.03. The lowest BCUT2D eigenvalue weighted by molar-refractivity contribution is 0.628. The summed E-state index contributed by atoms with van der Waals surface area (Å²) >= 11 is 5.03. The molecule has 0 bridgehead atoms. The molecule has 1 aromatic rings. The fourth-order valence-electron chi connectivity index (χ4n) is 1.18. The first-order chi connectivity index (χ1) is 7.99. The number of rotatable bonds is 3. The molecule has 0 aliphatic heterocycles. The normalized spacial score (nSPS) is 11.5. The lowest BCUT2D eigenvalue weighted by atomic mass is 10.1. The molecule has 0 aromatic heterocycles. The van der Waals surface area contributed by atoms with E-state index in [2.05, 4.69) is 15.8 Å². The number of nitrogens with zero attached hydrogens (tertiary/aromatic N) is 1. The Bertz CT molecular complexity index is 412. The summed E-state index contributed by atoms with van der Waals surface area (Å²) in [5, 5.41) is 7.60. The SMILES string of the molecule is C/C(=N/NC(=S)NC(C)C)c1ccc(F)cc1. The van der Waals surface area contributed by atoms with Gasteiger partial charge >= 0.3 is 0 Å². The van der Waals surface area contributed by atoms with Crippen molar-refractivity contribution in [3.8, 4) is 0 Å². The van der Waals surface area contributed by atoms with Gasteiger partial charge in [-0.2, -0.15) is 5.10 Å². The monoisotopic (exact) mass is 253 g/mol. The fraction of sp³-hybridized carbons (Fsp3) is 0.333. The maximum absolute atomic E-state index is 12.7. The van der Waals surface area contributed by atoms with Crippen LogP contribution in [-0.2, 0) is 0 Å². The summed E-state index contributed by atoms with van der Waals surface area (Å²) in [6.07, 6.45) is 0. The van der Waals surface area contributed by atoms with Crippen molar-refractivity contribution >= 4 is 23.0 Å². The van der Waals surface area contributed by atoms with E-state index < -0.39 is 0 Å². The molecular weight excluding hydrogens is 237 g/mol. The number of thiocarbonyl (C=S) groups is 1. The smallest absolute Gasteiger partial charge is 0.187 e. The third-order valence-corrected chi connectivity index (χ3v) is 2.22. The van der Waals surface area contributed by atoms with E-state index in [1.165, 1.54) is 12.1 Å². The van der Waals surface area contributed by atoms with Crippen molar-refractivity contribution in [2.45, 2.75) is 26.8 Å². The Morgan fingerprint density at radius 2 is 1.88 bits per heavy atom. The Hall–Kier alpha value is -1.49. The van der Waals surface area contributed by atoms with Gasteiger partial charge in [0.2, 0.25) is 0 Å². The van der Waals surface area contributed by atoms with Gasteiger partial charge in [-0.3, -0.25) is 5.43 Å². The van der Waals surface area contributed by atoms with Crippen molar-refractivity contribution < 1.29 is 4.39 Å². The summed E-state index contributed by atoms with van der Waals surface area (Å²) in [6.45, 7) is 5.81. The molecule has 1 aromatic carbocycles. The first kappa shape index (κ1) is 13.6. The Kier molecular flexibility index (Phi) is 5.03. The molecule has 5 heteroatoms. The minimum Gasteiger partial charge on any atom is -0.359 e. The van der Waals surface area contributed by atoms with E-state index in [4.69, 9.17) is 12.2 Å². The second-order valence-corrected chi connectivity index (χ2v) is 4.35. The molecule has 0 saturated carbocycles. The van der Waals surface area contributed by atoms with Gasteiger partial charge in [-0.15, -0.1) is 0 Å². The summed E-state index contributed by atoms with van der Waals surface area (Å²) in [6, 6.07) is 6.41. The van der Waals surface area contributed by atoms with Gasteiger partial charge in [-0.25, -0.2) is 4.39 Å². The molecule has 0 radical (unpaired) electrons. The third kappa shape index (κ3) is 4.91. The molecular formula is C12H16FN3S. The predicted octanol–water partition coefficient (Wildman–Crippen LogP) is 2.42. The molecule has 92 valence electrons. The fourth-order valence-corrected chi connectivity index (χ4v) is 1.47. The largest absolute Gasteiger partial charge is 0.359 e. The van der Waals surface area contributed by atoms with Gasteiger partial charge in [0.1, 0.15) is 5.82 Å². The van der Waals surface area contributed by atoms with Crippen LogP contribution in [0.15, 0.2) is 29.4 Å². The highest BCUT2D eigenvalue weighted by molar-refractivity contribution is 7.80. The Labute approximate surface area is 106 Å². The van der Waals surface area contributed by atoms with E-state index in [0.29, 0.717) is 5.11 Å². The summed E-state index contributed by atoms with van der Waals surface area (Å²) in [5.74, 6) is -0.258. The molecule has 3 nitrogen and oxygen atoms in total. The quantitative estimate of drug-likeness (QED) is 0.493. The Balaban J connectivity index is 2.60. The highest BCUT2D eigenvalue weighted by Gasteiger charge is 1.99. The maximum Gasteiger partial charge on any atom is 0.187 e. The average Bonchev–Trinajstić information content (AvgIpc) is 2.26. The molecule has 0 aliphatic rings. The van der Waals surface area contributed by atoms with Gasteiger partial charge in [0.15, 0.2) is 5.11 Å². The third-order valence-electron chi connectivity index (χ3n) is 2.01. The first-order valence-electron chi connectivity index (χ1n) is 5.36. The van der Waals surface area contributed by atoms with E-state index in [-0.39, 0.29) is 11.9 Å². The Morgan fingerprint density at radius 1 is 1.29 bits per heavy atom. The number of hydrazone groups is 1. The van der Waals surface area contributed by atoms with Crippen molar-refractivity contribution in [3.63, 3.8) is 0 Å². The Morgan fingerprint density at radius 3 is 2.41 bits per heavy atom. The number of halogens is 1. The van der Waals surface area contributed by atoms with Crippen LogP contribution in [0.25, 0.3) is 0 Å². The zero-order valence-corrected chi connectivity index (χ0v) is 10.9. The maximum atomic E-state index is 12.7. The van der Waals surface area contributed by atoms with Crippen LogP contribution in [0.1, 0.15) is 26.3 Å². The summed E-state index contributed by atoms with van der Waals surface area (Å²) in [5.41, 5.74) is 4.34. The van der Waals surface area contributed by atoms with E-state index in [1.54, 1.807) is 12.1 Å². The van der Waals surface area contributed by atoms with Crippen LogP contribution in [0.4, 0.5) is 4.39 Å². The number of hydrogen-bond donors (Lipinski definition) is 2. The van der Waals surface area contributed by atoms with Crippen molar-refractivity contribution in [2.75, 3.05) is 0 Å². The molecule has 0 aliphatic carbocycles. The van der Waals surface area contributed by atoms with E-state index in [1.807, 2.05) is 20.8 Å². The molecule has 0 saturated heterocycles. The topological polar surface area (TPSA) is 36.4 Å². The molecule has 0 spiro atoms. The molecule has 0 amide bonds. The summed E-state index contributed by atoms with van der Waals surface area (Å²) in [7, 11) is 0.